The topological polar surface area (TPSA) is 81.5 Å². The molecule has 0 radical (unpaired) electrons. The third-order valence-corrected chi connectivity index (χ3v) is 3.50. The van der Waals surface area contributed by atoms with Gasteiger partial charge in [-0.15, -0.1) is 0 Å². The minimum Gasteiger partial charge on any atom is -0.490 e. The first kappa shape index (κ1) is 16.8. The van der Waals surface area contributed by atoms with Crippen molar-refractivity contribution in [3.8, 4) is 5.75 Å². The van der Waals surface area contributed by atoms with Crippen LogP contribution in [0.1, 0.15) is 15.9 Å². The van der Waals surface area contributed by atoms with Crippen molar-refractivity contribution in [3.05, 3.63) is 68.7 Å². The summed E-state index contributed by atoms with van der Waals surface area (Å²) in [5, 5.41) is 14.4. The predicted molar refractivity (Wildman–Crippen MR) is 87.1 cm³/mol. The second-order valence-corrected chi connectivity index (χ2v) is 5.21. The molecule has 0 aromatic heterocycles. The van der Waals surface area contributed by atoms with Gasteiger partial charge >= 0.3 is 5.69 Å². The lowest BCUT2D eigenvalue weighted by atomic mass is 10.1. The fourth-order valence-corrected chi connectivity index (χ4v) is 2.17. The lowest BCUT2D eigenvalue weighted by Gasteiger charge is -2.07. The maximum Gasteiger partial charge on any atom is 0.311 e. The van der Waals surface area contributed by atoms with E-state index in [4.69, 9.17) is 16.3 Å². The Labute approximate surface area is 138 Å². The summed E-state index contributed by atoms with van der Waals surface area (Å²) in [6, 6.07) is 11.4. The van der Waals surface area contributed by atoms with E-state index in [9.17, 15) is 14.9 Å². The van der Waals surface area contributed by atoms with E-state index in [-0.39, 0.29) is 22.9 Å². The van der Waals surface area contributed by atoms with Crippen molar-refractivity contribution >= 4 is 23.2 Å². The monoisotopic (exact) mass is 334 g/mol. The molecule has 120 valence electrons. The summed E-state index contributed by atoms with van der Waals surface area (Å²) in [4.78, 5) is 22.5. The smallest absolute Gasteiger partial charge is 0.311 e. The van der Waals surface area contributed by atoms with Gasteiger partial charge in [0.25, 0.3) is 5.91 Å². The van der Waals surface area contributed by atoms with Crippen molar-refractivity contribution in [2.75, 3.05) is 13.7 Å². The van der Waals surface area contributed by atoms with Gasteiger partial charge in [0.2, 0.25) is 0 Å². The second-order valence-electron chi connectivity index (χ2n) is 4.78. The molecule has 0 spiro atoms. The molecule has 0 saturated carbocycles. The number of nitrogens with zero attached hydrogens (tertiary/aromatic N) is 1. The van der Waals surface area contributed by atoms with Crippen molar-refractivity contribution < 1.29 is 14.5 Å². The first-order chi connectivity index (χ1) is 11.0. The molecule has 7 heteroatoms. The number of nitrogens with one attached hydrogen (secondary N) is 1. The minimum absolute atomic E-state index is 0.118. The zero-order valence-corrected chi connectivity index (χ0v) is 13.2. The molecular weight excluding hydrogens is 320 g/mol. The molecule has 0 fully saturated rings. The van der Waals surface area contributed by atoms with Gasteiger partial charge in [0, 0.05) is 23.2 Å². The molecular formula is C16H15ClN2O4. The third kappa shape index (κ3) is 4.43. The van der Waals surface area contributed by atoms with Gasteiger partial charge in [-0.05, 0) is 36.2 Å². The van der Waals surface area contributed by atoms with E-state index in [1.54, 1.807) is 12.1 Å². The standard InChI is InChI=1S/C16H15ClN2O4/c1-23-15-7-4-12(10-14(15)19(21)22)16(20)18-9-8-11-2-5-13(17)6-3-11/h2-7,10H,8-9H2,1H3,(H,18,20). The average molecular weight is 335 g/mol. The number of ether oxygens (including phenoxy) is 1. The Bertz CT molecular complexity index is 717. The molecule has 0 saturated heterocycles. The number of nitro benzene ring substituents is 1. The van der Waals surface area contributed by atoms with Crippen molar-refractivity contribution in [1.82, 2.24) is 5.32 Å². The Morgan fingerprint density at radius 3 is 2.57 bits per heavy atom. The molecule has 23 heavy (non-hydrogen) atoms. The summed E-state index contributed by atoms with van der Waals surface area (Å²) in [7, 11) is 1.34. The number of hydrogen-bond donors (Lipinski definition) is 1. The SMILES string of the molecule is COc1ccc(C(=O)NCCc2ccc(Cl)cc2)cc1[N+](=O)[O-]. The highest BCUT2D eigenvalue weighted by atomic mass is 35.5. The van der Waals surface area contributed by atoms with E-state index in [2.05, 4.69) is 5.32 Å². The summed E-state index contributed by atoms with van der Waals surface area (Å²) in [6.07, 6.45) is 0.640. The zero-order chi connectivity index (χ0) is 16.8. The quantitative estimate of drug-likeness (QED) is 0.649. The van der Waals surface area contributed by atoms with Crippen molar-refractivity contribution in [2.24, 2.45) is 0 Å². The molecule has 0 unspecified atom stereocenters. The largest absolute Gasteiger partial charge is 0.490 e. The van der Waals surface area contributed by atoms with Crippen molar-refractivity contribution in [1.29, 1.82) is 0 Å². The molecule has 0 heterocycles. The number of amides is 1. The maximum atomic E-state index is 12.1. The Kier molecular flexibility index (Phi) is 5.54. The van der Waals surface area contributed by atoms with Crippen LogP contribution in [0.3, 0.4) is 0 Å². The normalized spacial score (nSPS) is 10.2. The molecule has 0 atom stereocenters. The lowest BCUT2D eigenvalue weighted by molar-refractivity contribution is -0.385. The van der Waals surface area contributed by atoms with Crippen LogP contribution in [-0.2, 0) is 6.42 Å². The van der Waals surface area contributed by atoms with Gasteiger partial charge < -0.3 is 10.1 Å². The number of benzene rings is 2. The minimum atomic E-state index is -0.580. The van der Waals surface area contributed by atoms with Gasteiger partial charge in [-0.3, -0.25) is 14.9 Å². The Hall–Kier alpha value is -2.60. The van der Waals surface area contributed by atoms with Crippen molar-refractivity contribution in [2.45, 2.75) is 6.42 Å². The van der Waals surface area contributed by atoms with Crippen LogP contribution >= 0.6 is 11.6 Å². The molecule has 2 rings (SSSR count). The van der Waals surface area contributed by atoms with E-state index >= 15 is 0 Å². The van der Waals surface area contributed by atoms with Crippen LogP contribution in [0, 0.1) is 10.1 Å². The summed E-state index contributed by atoms with van der Waals surface area (Å²) in [6.45, 7) is 0.417. The number of hydrogen-bond acceptors (Lipinski definition) is 4. The Morgan fingerprint density at radius 1 is 1.26 bits per heavy atom. The number of carbonyl (C=O) groups is 1. The van der Waals surface area contributed by atoms with Crippen LogP contribution < -0.4 is 10.1 Å². The number of nitro groups is 1. The van der Waals surface area contributed by atoms with Crippen LogP contribution in [0.2, 0.25) is 5.02 Å². The fourth-order valence-electron chi connectivity index (χ4n) is 2.05. The van der Waals surface area contributed by atoms with Gasteiger partial charge in [-0.2, -0.15) is 0 Å². The van der Waals surface area contributed by atoms with E-state index in [0.717, 1.165) is 5.56 Å². The first-order valence-electron chi connectivity index (χ1n) is 6.86. The summed E-state index contributed by atoms with van der Waals surface area (Å²) in [5.74, 6) is -0.252. The summed E-state index contributed by atoms with van der Waals surface area (Å²) < 4.78 is 4.91. The van der Waals surface area contributed by atoms with Gasteiger partial charge in [0.05, 0.1) is 12.0 Å². The molecule has 6 nitrogen and oxygen atoms in total. The van der Waals surface area contributed by atoms with Gasteiger partial charge in [0.1, 0.15) is 0 Å². The number of methoxy groups -OCH3 is 1. The molecule has 1 amide bonds. The number of rotatable bonds is 6. The number of carbonyl (C=O) groups excluding carboxylic acids is 1. The van der Waals surface area contributed by atoms with Crippen LogP contribution in [0.5, 0.6) is 5.75 Å². The molecule has 0 aliphatic rings. The van der Waals surface area contributed by atoms with E-state index < -0.39 is 4.92 Å². The molecule has 2 aromatic carbocycles. The van der Waals surface area contributed by atoms with E-state index in [1.165, 1.54) is 25.3 Å². The Morgan fingerprint density at radius 2 is 1.96 bits per heavy atom. The number of halogens is 1. The van der Waals surface area contributed by atoms with E-state index in [0.29, 0.717) is 18.0 Å². The van der Waals surface area contributed by atoms with Crippen LogP contribution in [0.15, 0.2) is 42.5 Å². The van der Waals surface area contributed by atoms with Crippen molar-refractivity contribution in [3.63, 3.8) is 0 Å². The Balaban J connectivity index is 1.99. The van der Waals surface area contributed by atoms with Crippen LogP contribution in [-0.4, -0.2) is 24.5 Å². The first-order valence-corrected chi connectivity index (χ1v) is 7.24. The maximum absolute atomic E-state index is 12.1. The van der Waals surface area contributed by atoms with Crippen LogP contribution in [0.25, 0.3) is 0 Å². The highest BCUT2D eigenvalue weighted by Crippen LogP contribution is 2.27. The molecule has 1 N–H and O–H groups in total. The van der Waals surface area contributed by atoms with Gasteiger partial charge in [-0.1, -0.05) is 23.7 Å². The van der Waals surface area contributed by atoms with Gasteiger partial charge in [0.15, 0.2) is 5.75 Å². The second kappa shape index (κ2) is 7.60. The molecule has 0 bridgehead atoms. The lowest BCUT2D eigenvalue weighted by Crippen LogP contribution is -2.25. The molecule has 2 aromatic rings. The fraction of sp³-hybridized carbons (Fsp3) is 0.188. The highest BCUT2D eigenvalue weighted by molar-refractivity contribution is 6.30. The highest BCUT2D eigenvalue weighted by Gasteiger charge is 2.17. The summed E-state index contributed by atoms with van der Waals surface area (Å²) in [5.41, 5.74) is 1.02. The van der Waals surface area contributed by atoms with E-state index in [1.807, 2.05) is 12.1 Å². The molecule has 0 aliphatic heterocycles. The van der Waals surface area contributed by atoms with Crippen LogP contribution in [0.4, 0.5) is 5.69 Å². The van der Waals surface area contributed by atoms with Gasteiger partial charge in [-0.25, -0.2) is 0 Å². The molecule has 0 aliphatic carbocycles. The summed E-state index contributed by atoms with van der Waals surface area (Å²) >= 11 is 5.81. The third-order valence-electron chi connectivity index (χ3n) is 3.25. The average Bonchev–Trinajstić information content (AvgIpc) is 2.55. The zero-order valence-electron chi connectivity index (χ0n) is 12.4. The predicted octanol–water partition coefficient (Wildman–Crippen LogP) is 3.23.